The topological polar surface area (TPSA) is 106 Å². The Morgan fingerprint density at radius 2 is 2.00 bits per heavy atom. The summed E-state index contributed by atoms with van der Waals surface area (Å²) in [5.41, 5.74) is 2.87. The van der Waals surface area contributed by atoms with Gasteiger partial charge in [-0.2, -0.15) is 5.10 Å². The van der Waals surface area contributed by atoms with Crippen molar-refractivity contribution in [3.05, 3.63) is 66.8 Å². The van der Waals surface area contributed by atoms with E-state index in [1.807, 2.05) is 37.3 Å². The lowest BCUT2D eigenvalue weighted by Crippen LogP contribution is -2.37. The Labute approximate surface area is 167 Å². The van der Waals surface area contributed by atoms with E-state index in [-0.39, 0.29) is 12.5 Å². The Morgan fingerprint density at radius 1 is 1.24 bits per heavy atom. The quantitative estimate of drug-likeness (QED) is 0.711. The van der Waals surface area contributed by atoms with Crippen LogP contribution in [0.1, 0.15) is 18.3 Å². The van der Waals surface area contributed by atoms with Gasteiger partial charge >= 0.3 is 6.09 Å². The van der Waals surface area contributed by atoms with Crippen molar-refractivity contribution in [3.63, 3.8) is 0 Å². The molecular formula is C20H20N6O3. The molecule has 0 radical (unpaired) electrons. The molecule has 2 aromatic heterocycles. The number of aromatic nitrogens is 5. The Morgan fingerprint density at radius 3 is 2.62 bits per heavy atom. The Bertz CT molecular complexity index is 1000. The molecule has 4 rings (SSSR count). The highest BCUT2D eigenvalue weighted by atomic mass is 16.5. The summed E-state index contributed by atoms with van der Waals surface area (Å²) in [5.74, 6) is 1.37. The average molecular weight is 392 g/mol. The summed E-state index contributed by atoms with van der Waals surface area (Å²) in [4.78, 5) is 25.2. The first-order chi connectivity index (χ1) is 14.1. The highest BCUT2D eigenvalue weighted by Gasteiger charge is 2.23. The van der Waals surface area contributed by atoms with Crippen LogP contribution in [0.2, 0.25) is 0 Å². The molecule has 1 unspecified atom stereocenters. The minimum absolute atomic E-state index is 0.0917. The van der Waals surface area contributed by atoms with Crippen molar-refractivity contribution in [1.29, 1.82) is 0 Å². The first kappa shape index (κ1) is 18.6. The van der Waals surface area contributed by atoms with Gasteiger partial charge in [0.15, 0.2) is 5.82 Å². The second-order valence-electron chi connectivity index (χ2n) is 6.76. The molecule has 1 atom stereocenters. The largest absolute Gasteiger partial charge is 0.486 e. The van der Waals surface area contributed by atoms with Crippen LogP contribution in [-0.2, 0) is 6.61 Å². The zero-order chi connectivity index (χ0) is 20.2. The summed E-state index contributed by atoms with van der Waals surface area (Å²) in [6.45, 7) is 3.10. The maximum absolute atomic E-state index is 11.1. The highest BCUT2D eigenvalue weighted by molar-refractivity contribution is 5.71. The zero-order valence-electron chi connectivity index (χ0n) is 15.8. The molecule has 1 aliphatic rings. The van der Waals surface area contributed by atoms with E-state index in [9.17, 15) is 4.79 Å². The third-order valence-corrected chi connectivity index (χ3v) is 4.75. The van der Waals surface area contributed by atoms with Gasteiger partial charge in [-0.1, -0.05) is 13.0 Å². The molecule has 148 valence electrons. The number of carbonyl (C=O) groups is 1. The second-order valence-corrected chi connectivity index (χ2v) is 6.76. The molecule has 0 saturated heterocycles. The standard InChI is InChI=1S/C20H20N6O3/c1-14-10-25(20(27)28)7-6-18(14)15-8-22-19(23-9-15)11-29-17-4-2-16(3-5-17)26-13-21-12-24-26/h2-6,8-9,12-14H,7,10-11H2,1H3,(H,27,28). The zero-order valence-corrected chi connectivity index (χ0v) is 15.8. The van der Waals surface area contributed by atoms with Gasteiger partial charge in [-0.3, -0.25) is 0 Å². The van der Waals surface area contributed by atoms with Crippen LogP contribution >= 0.6 is 0 Å². The summed E-state index contributed by atoms with van der Waals surface area (Å²) >= 11 is 0. The van der Waals surface area contributed by atoms with Gasteiger partial charge in [0, 0.05) is 31.0 Å². The van der Waals surface area contributed by atoms with E-state index < -0.39 is 6.09 Å². The number of ether oxygens (including phenoxy) is 1. The monoisotopic (exact) mass is 392 g/mol. The molecule has 0 spiro atoms. The van der Waals surface area contributed by atoms with Crippen LogP contribution in [0.15, 0.2) is 55.4 Å². The number of nitrogens with zero attached hydrogens (tertiary/aromatic N) is 6. The van der Waals surface area contributed by atoms with Crippen molar-refractivity contribution < 1.29 is 14.6 Å². The van der Waals surface area contributed by atoms with Crippen LogP contribution in [0.25, 0.3) is 11.3 Å². The van der Waals surface area contributed by atoms with Gasteiger partial charge in [-0.05, 0) is 35.8 Å². The fourth-order valence-corrected chi connectivity index (χ4v) is 3.23. The maximum Gasteiger partial charge on any atom is 0.407 e. The van der Waals surface area contributed by atoms with Crippen LogP contribution < -0.4 is 4.74 Å². The van der Waals surface area contributed by atoms with E-state index in [2.05, 4.69) is 20.1 Å². The fourth-order valence-electron chi connectivity index (χ4n) is 3.23. The number of carboxylic acid groups (broad SMARTS) is 1. The normalized spacial score (nSPS) is 16.4. The molecule has 9 nitrogen and oxygen atoms in total. The summed E-state index contributed by atoms with van der Waals surface area (Å²) in [5, 5.41) is 13.2. The van der Waals surface area contributed by atoms with E-state index in [0.29, 0.717) is 24.7 Å². The third-order valence-electron chi connectivity index (χ3n) is 4.75. The summed E-state index contributed by atoms with van der Waals surface area (Å²) in [7, 11) is 0. The molecule has 0 bridgehead atoms. The van der Waals surface area contributed by atoms with Crippen molar-refractivity contribution in [1.82, 2.24) is 29.6 Å². The SMILES string of the molecule is CC1CN(C(=O)O)CC=C1c1cnc(COc2ccc(-n3cncn3)cc2)nc1. The molecule has 1 N–H and O–H groups in total. The van der Waals surface area contributed by atoms with Crippen LogP contribution in [0.5, 0.6) is 5.75 Å². The van der Waals surface area contributed by atoms with E-state index >= 15 is 0 Å². The molecule has 0 fully saturated rings. The summed E-state index contributed by atoms with van der Waals surface area (Å²) < 4.78 is 7.42. The highest BCUT2D eigenvalue weighted by Crippen LogP contribution is 2.27. The first-order valence-corrected chi connectivity index (χ1v) is 9.17. The smallest absolute Gasteiger partial charge is 0.407 e. The van der Waals surface area contributed by atoms with Crippen molar-refractivity contribution >= 4 is 11.7 Å². The molecule has 9 heteroatoms. The van der Waals surface area contributed by atoms with Gasteiger partial charge in [0.05, 0.1) is 5.69 Å². The van der Waals surface area contributed by atoms with E-state index in [1.165, 1.54) is 11.2 Å². The van der Waals surface area contributed by atoms with Crippen LogP contribution in [0.3, 0.4) is 0 Å². The lowest BCUT2D eigenvalue weighted by atomic mass is 9.92. The lowest BCUT2D eigenvalue weighted by Gasteiger charge is -2.29. The molecule has 0 saturated carbocycles. The molecule has 3 aromatic rings. The van der Waals surface area contributed by atoms with Crippen LogP contribution in [0, 0.1) is 5.92 Å². The average Bonchev–Trinajstić information content (AvgIpc) is 3.28. The van der Waals surface area contributed by atoms with Gasteiger partial charge in [-0.15, -0.1) is 0 Å². The Kier molecular flexibility index (Phi) is 5.19. The predicted molar refractivity (Wildman–Crippen MR) is 104 cm³/mol. The summed E-state index contributed by atoms with van der Waals surface area (Å²) in [6.07, 6.45) is 7.67. The lowest BCUT2D eigenvalue weighted by molar-refractivity contribution is 0.145. The maximum atomic E-state index is 11.1. The molecule has 3 heterocycles. The minimum Gasteiger partial charge on any atom is -0.486 e. The van der Waals surface area contributed by atoms with E-state index in [4.69, 9.17) is 9.84 Å². The molecule has 1 aromatic carbocycles. The number of amides is 1. The number of hydrogen-bond donors (Lipinski definition) is 1. The van der Waals surface area contributed by atoms with Gasteiger partial charge in [-0.25, -0.2) is 24.4 Å². The van der Waals surface area contributed by atoms with Crippen molar-refractivity contribution in [2.75, 3.05) is 13.1 Å². The van der Waals surface area contributed by atoms with Crippen LogP contribution in [0.4, 0.5) is 4.79 Å². The van der Waals surface area contributed by atoms with Gasteiger partial charge in [0.2, 0.25) is 0 Å². The van der Waals surface area contributed by atoms with Crippen molar-refractivity contribution in [2.24, 2.45) is 5.92 Å². The number of hydrogen-bond acceptors (Lipinski definition) is 6. The summed E-state index contributed by atoms with van der Waals surface area (Å²) in [6, 6.07) is 7.50. The molecule has 1 aliphatic heterocycles. The molecule has 0 aliphatic carbocycles. The van der Waals surface area contributed by atoms with Crippen LogP contribution in [-0.4, -0.2) is 53.9 Å². The van der Waals surface area contributed by atoms with E-state index in [1.54, 1.807) is 23.4 Å². The van der Waals surface area contributed by atoms with Gasteiger partial charge in [0.25, 0.3) is 0 Å². The Balaban J connectivity index is 1.37. The van der Waals surface area contributed by atoms with Gasteiger partial charge in [0.1, 0.15) is 25.0 Å². The van der Waals surface area contributed by atoms with Crippen molar-refractivity contribution in [2.45, 2.75) is 13.5 Å². The van der Waals surface area contributed by atoms with Crippen molar-refractivity contribution in [3.8, 4) is 11.4 Å². The van der Waals surface area contributed by atoms with Gasteiger partial charge < -0.3 is 14.7 Å². The van der Waals surface area contributed by atoms with E-state index in [0.717, 1.165) is 16.8 Å². The number of rotatable bonds is 5. The minimum atomic E-state index is -0.898. The number of benzene rings is 1. The Hall–Kier alpha value is -3.75. The third kappa shape index (κ3) is 4.23. The molecular weight excluding hydrogens is 372 g/mol. The fraction of sp³-hybridized carbons (Fsp3) is 0.250. The molecule has 1 amide bonds. The first-order valence-electron chi connectivity index (χ1n) is 9.17. The molecule has 29 heavy (non-hydrogen) atoms. The second kappa shape index (κ2) is 8.09. The predicted octanol–water partition coefficient (Wildman–Crippen LogP) is 2.65.